The number of halogens is 2. The van der Waals surface area contributed by atoms with E-state index in [0.717, 1.165) is 11.4 Å². The van der Waals surface area contributed by atoms with Gasteiger partial charge >= 0.3 is 0 Å². The van der Waals surface area contributed by atoms with Crippen molar-refractivity contribution in [3.8, 4) is 5.69 Å². The van der Waals surface area contributed by atoms with Gasteiger partial charge in [-0.1, -0.05) is 40.9 Å². The second-order valence-electron chi connectivity index (χ2n) is 5.10. The lowest BCUT2D eigenvalue weighted by atomic mass is 10.2. The zero-order chi connectivity index (χ0) is 16.9. The predicted octanol–water partition coefficient (Wildman–Crippen LogP) is 3.92. The Labute approximate surface area is 149 Å². The monoisotopic (exact) mass is 360 g/mol. The van der Waals surface area contributed by atoms with Crippen LogP contribution >= 0.6 is 23.2 Å². The quantitative estimate of drug-likeness (QED) is 0.553. The summed E-state index contributed by atoms with van der Waals surface area (Å²) in [5.41, 5.74) is 5.73. The van der Waals surface area contributed by atoms with Crippen LogP contribution in [0, 0.1) is 6.92 Å². The van der Waals surface area contributed by atoms with Crippen LogP contribution < -0.4 is 5.43 Å². The fourth-order valence-corrected chi connectivity index (χ4v) is 2.33. The van der Waals surface area contributed by atoms with Crippen LogP contribution in [-0.2, 0) is 6.42 Å². The average molecular weight is 361 g/mol. The van der Waals surface area contributed by atoms with Crippen LogP contribution in [-0.4, -0.2) is 26.4 Å². The Balaban J connectivity index is 1.66. The highest BCUT2D eigenvalue weighted by Gasteiger charge is 2.06. The van der Waals surface area contributed by atoms with Gasteiger partial charge in [-0.15, -0.1) is 5.10 Å². The van der Waals surface area contributed by atoms with Gasteiger partial charge in [0.2, 0.25) is 0 Å². The molecule has 8 heteroatoms. The number of benzene rings is 2. The van der Waals surface area contributed by atoms with Crippen molar-refractivity contribution in [1.29, 1.82) is 0 Å². The van der Waals surface area contributed by atoms with Crippen molar-refractivity contribution in [2.24, 2.45) is 5.10 Å². The molecule has 122 valence electrons. The number of tetrazole rings is 1. The smallest absolute Gasteiger partial charge is 0.162 e. The molecule has 3 rings (SSSR count). The molecule has 0 aliphatic rings. The van der Waals surface area contributed by atoms with Gasteiger partial charge in [0.15, 0.2) is 5.82 Å². The Morgan fingerprint density at radius 2 is 1.92 bits per heavy atom. The molecule has 0 atom stereocenters. The Hall–Kier alpha value is -2.44. The van der Waals surface area contributed by atoms with Gasteiger partial charge in [-0.2, -0.15) is 9.78 Å². The number of hydrogen-bond donors (Lipinski definition) is 1. The van der Waals surface area contributed by atoms with Gasteiger partial charge in [-0.05, 0) is 47.7 Å². The van der Waals surface area contributed by atoms with Crippen LogP contribution in [0.5, 0.6) is 0 Å². The van der Waals surface area contributed by atoms with E-state index in [4.69, 9.17) is 23.2 Å². The normalized spacial score (nSPS) is 11.1. The predicted molar refractivity (Wildman–Crippen MR) is 96.2 cm³/mol. The second kappa shape index (κ2) is 7.42. The third-order valence-electron chi connectivity index (χ3n) is 3.29. The number of nitrogens with one attached hydrogen (secondary N) is 1. The van der Waals surface area contributed by atoms with E-state index in [-0.39, 0.29) is 0 Å². The minimum absolute atomic E-state index is 0.472. The van der Waals surface area contributed by atoms with Crippen LogP contribution in [0.4, 0.5) is 5.69 Å². The number of hydrazone groups is 1. The maximum atomic E-state index is 5.95. The molecule has 0 amide bonds. The first-order chi connectivity index (χ1) is 11.6. The van der Waals surface area contributed by atoms with Crippen molar-refractivity contribution < 1.29 is 0 Å². The molecule has 0 unspecified atom stereocenters. The van der Waals surface area contributed by atoms with Gasteiger partial charge < -0.3 is 0 Å². The molecule has 1 aromatic heterocycles. The molecule has 6 nitrogen and oxygen atoms in total. The Bertz CT molecular complexity index is 857. The number of aryl methyl sites for hydroxylation is 1. The highest BCUT2D eigenvalue weighted by Crippen LogP contribution is 2.24. The highest BCUT2D eigenvalue weighted by molar-refractivity contribution is 6.42. The molecule has 2 aromatic carbocycles. The van der Waals surface area contributed by atoms with E-state index in [1.165, 1.54) is 5.56 Å². The standard InChI is InChI=1S/C16H14Cl2N6/c1-11-2-5-13(6-3-11)24-16(21-22-23-24)8-9-19-20-12-4-7-14(17)15(18)10-12/h2-7,9-10,20H,8H2,1H3. The van der Waals surface area contributed by atoms with Crippen molar-refractivity contribution in [1.82, 2.24) is 20.2 Å². The summed E-state index contributed by atoms with van der Waals surface area (Å²) in [6.07, 6.45) is 2.17. The molecule has 0 saturated heterocycles. The molecule has 1 heterocycles. The summed E-state index contributed by atoms with van der Waals surface area (Å²) in [5.74, 6) is 0.693. The highest BCUT2D eigenvalue weighted by atomic mass is 35.5. The third-order valence-corrected chi connectivity index (χ3v) is 4.03. The molecule has 0 radical (unpaired) electrons. The second-order valence-corrected chi connectivity index (χ2v) is 5.91. The topological polar surface area (TPSA) is 68.0 Å². The van der Waals surface area contributed by atoms with E-state index in [1.54, 1.807) is 29.1 Å². The van der Waals surface area contributed by atoms with Gasteiger partial charge in [0.1, 0.15) is 0 Å². The fraction of sp³-hybridized carbons (Fsp3) is 0.125. The number of nitrogens with zero attached hydrogens (tertiary/aromatic N) is 5. The van der Waals surface area contributed by atoms with Gasteiger partial charge in [-0.3, -0.25) is 5.43 Å². The molecule has 0 spiro atoms. The number of hydrogen-bond acceptors (Lipinski definition) is 5. The van der Waals surface area contributed by atoms with Gasteiger partial charge in [0.05, 0.1) is 21.4 Å². The Kier molecular flexibility index (Phi) is 5.08. The minimum atomic E-state index is 0.472. The zero-order valence-electron chi connectivity index (χ0n) is 12.8. The maximum absolute atomic E-state index is 5.95. The van der Waals surface area contributed by atoms with E-state index in [0.29, 0.717) is 22.3 Å². The van der Waals surface area contributed by atoms with Crippen molar-refractivity contribution in [2.75, 3.05) is 5.43 Å². The molecule has 1 N–H and O–H groups in total. The van der Waals surface area contributed by atoms with Gasteiger partial charge in [-0.25, -0.2) is 0 Å². The lowest BCUT2D eigenvalue weighted by molar-refractivity contribution is 0.775. The summed E-state index contributed by atoms with van der Waals surface area (Å²) < 4.78 is 1.69. The molecule has 3 aromatic rings. The van der Waals surface area contributed by atoms with Crippen LogP contribution in [0.25, 0.3) is 5.69 Å². The van der Waals surface area contributed by atoms with Crippen molar-refractivity contribution in [3.63, 3.8) is 0 Å². The molecule has 0 saturated carbocycles. The molecule has 24 heavy (non-hydrogen) atoms. The first-order valence-corrected chi connectivity index (χ1v) is 7.96. The summed E-state index contributed by atoms with van der Waals surface area (Å²) >= 11 is 11.8. The molecule has 0 bridgehead atoms. The van der Waals surface area contributed by atoms with Gasteiger partial charge in [0, 0.05) is 12.6 Å². The van der Waals surface area contributed by atoms with Crippen molar-refractivity contribution >= 4 is 35.1 Å². The molecule has 0 aliphatic carbocycles. The number of anilines is 1. The Morgan fingerprint density at radius 3 is 2.67 bits per heavy atom. The average Bonchev–Trinajstić information content (AvgIpc) is 3.04. The van der Waals surface area contributed by atoms with Gasteiger partial charge in [0.25, 0.3) is 0 Å². The van der Waals surface area contributed by atoms with Crippen LogP contribution in [0.15, 0.2) is 47.6 Å². The van der Waals surface area contributed by atoms with E-state index >= 15 is 0 Å². The first kappa shape index (κ1) is 16.4. The molecule has 0 fully saturated rings. The summed E-state index contributed by atoms with van der Waals surface area (Å²) in [4.78, 5) is 0. The van der Waals surface area contributed by atoms with E-state index in [1.807, 2.05) is 31.2 Å². The fourth-order valence-electron chi connectivity index (χ4n) is 2.03. The number of aromatic nitrogens is 4. The summed E-state index contributed by atoms with van der Waals surface area (Å²) in [5, 5.41) is 16.9. The minimum Gasteiger partial charge on any atom is -0.279 e. The van der Waals surface area contributed by atoms with Crippen molar-refractivity contribution in [3.05, 3.63) is 63.9 Å². The summed E-state index contributed by atoms with van der Waals surface area (Å²) in [6, 6.07) is 13.2. The third kappa shape index (κ3) is 3.90. The largest absolute Gasteiger partial charge is 0.279 e. The van der Waals surface area contributed by atoms with E-state index in [9.17, 15) is 0 Å². The lowest BCUT2D eigenvalue weighted by Crippen LogP contribution is -2.04. The van der Waals surface area contributed by atoms with Crippen molar-refractivity contribution in [2.45, 2.75) is 13.3 Å². The lowest BCUT2D eigenvalue weighted by Gasteiger charge is -2.03. The van der Waals surface area contributed by atoms with E-state index < -0.39 is 0 Å². The maximum Gasteiger partial charge on any atom is 0.162 e. The molecular weight excluding hydrogens is 347 g/mol. The summed E-state index contributed by atoms with van der Waals surface area (Å²) in [7, 11) is 0. The van der Waals surface area contributed by atoms with Crippen LogP contribution in [0.3, 0.4) is 0 Å². The summed E-state index contributed by atoms with van der Waals surface area (Å²) in [6.45, 7) is 2.03. The SMILES string of the molecule is Cc1ccc(-n2nnnc2CC=NNc2ccc(Cl)c(Cl)c2)cc1. The Morgan fingerprint density at radius 1 is 1.12 bits per heavy atom. The van der Waals surface area contributed by atoms with E-state index in [2.05, 4.69) is 26.1 Å². The first-order valence-electron chi connectivity index (χ1n) is 7.20. The van der Waals surface area contributed by atoms with Crippen LogP contribution in [0.2, 0.25) is 10.0 Å². The van der Waals surface area contributed by atoms with Crippen LogP contribution in [0.1, 0.15) is 11.4 Å². The molecule has 0 aliphatic heterocycles. The molecular formula is C16H14Cl2N6. The zero-order valence-corrected chi connectivity index (χ0v) is 14.3. The number of rotatable bonds is 5.